The number of aromatic nitrogens is 2. The van der Waals surface area contributed by atoms with Gasteiger partial charge in [0.25, 0.3) is 0 Å². The number of aryl methyl sites for hydroxylation is 1. The van der Waals surface area contributed by atoms with Gasteiger partial charge in [-0.05, 0) is 44.7 Å². The maximum atomic E-state index is 15.1. The average molecular weight is 409 g/mol. The first kappa shape index (κ1) is 21.0. The van der Waals surface area contributed by atoms with Crippen molar-refractivity contribution in [3.05, 3.63) is 28.6 Å². The molecule has 1 amide bonds. The molecule has 0 saturated carbocycles. The minimum absolute atomic E-state index is 0.0159. The molecule has 0 radical (unpaired) electrons. The maximum absolute atomic E-state index is 15.1. The molecule has 158 valence electrons. The summed E-state index contributed by atoms with van der Waals surface area (Å²) in [7, 11) is 3.16. The number of carboxylic acid groups (broad SMARTS) is 1. The number of carboxylic acids is 1. The molecule has 1 N–H and O–H groups in total. The van der Waals surface area contributed by atoms with Gasteiger partial charge in [0.1, 0.15) is 22.5 Å². The minimum Gasteiger partial charge on any atom is -0.481 e. The molecule has 0 spiro atoms. The normalized spacial score (nSPS) is 16.2. The lowest BCUT2D eigenvalue weighted by atomic mass is 10.1. The number of carbonyl (C=O) groups excluding carboxylic acids is 1. The minimum atomic E-state index is -1.07. The second-order valence-electron chi connectivity index (χ2n) is 8.46. The largest absolute Gasteiger partial charge is 0.481 e. The zero-order valence-corrected chi connectivity index (χ0v) is 17.2. The Morgan fingerprint density at radius 2 is 1.83 bits per heavy atom. The molecule has 1 atom stereocenters. The number of fused-ring (bicyclic) bond motifs is 2. The SMILES string of the molecule is CN(CCc1nc2c(F)c3c(c(F)c2n1C)CC(C(=O)O)C3)C(=O)OC(C)(C)C. The van der Waals surface area contributed by atoms with E-state index < -0.39 is 35.2 Å². The van der Waals surface area contributed by atoms with Gasteiger partial charge in [-0.2, -0.15) is 0 Å². The topological polar surface area (TPSA) is 84.7 Å². The van der Waals surface area contributed by atoms with E-state index >= 15 is 4.39 Å². The third kappa shape index (κ3) is 3.90. The van der Waals surface area contributed by atoms with E-state index in [9.17, 15) is 19.1 Å². The van der Waals surface area contributed by atoms with Gasteiger partial charge in [0, 0.05) is 27.1 Å². The smallest absolute Gasteiger partial charge is 0.410 e. The molecule has 1 aromatic carbocycles. The van der Waals surface area contributed by atoms with Crippen LogP contribution in [-0.4, -0.2) is 50.8 Å². The van der Waals surface area contributed by atoms with Gasteiger partial charge in [-0.15, -0.1) is 0 Å². The van der Waals surface area contributed by atoms with Gasteiger partial charge in [0.2, 0.25) is 0 Å². The monoisotopic (exact) mass is 409 g/mol. The molecule has 1 aliphatic carbocycles. The fourth-order valence-electron chi connectivity index (χ4n) is 3.59. The summed E-state index contributed by atoms with van der Waals surface area (Å²) in [5.41, 5.74) is -0.503. The summed E-state index contributed by atoms with van der Waals surface area (Å²) in [6.45, 7) is 5.56. The van der Waals surface area contributed by atoms with Gasteiger partial charge in [-0.1, -0.05) is 0 Å². The summed E-state index contributed by atoms with van der Waals surface area (Å²) in [4.78, 5) is 28.9. The molecule has 7 nitrogen and oxygen atoms in total. The van der Waals surface area contributed by atoms with Crippen LogP contribution in [0.3, 0.4) is 0 Å². The number of halogens is 2. The van der Waals surface area contributed by atoms with Crippen LogP contribution in [0.15, 0.2) is 0 Å². The quantitative estimate of drug-likeness (QED) is 0.839. The lowest BCUT2D eigenvalue weighted by molar-refractivity contribution is -0.141. The van der Waals surface area contributed by atoms with Crippen molar-refractivity contribution in [2.75, 3.05) is 13.6 Å². The van der Waals surface area contributed by atoms with Crippen LogP contribution in [0.1, 0.15) is 37.7 Å². The van der Waals surface area contributed by atoms with Gasteiger partial charge in [-0.3, -0.25) is 4.79 Å². The number of likely N-dealkylation sites (N-methyl/N-ethyl adjacent to an activating group) is 1. The number of ether oxygens (including phenoxy) is 1. The second-order valence-corrected chi connectivity index (χ2v) is 8.46. The molecule has 2 aromatic rings. The average Bonchev–Trinajstić information content (AvgIpc) is 3.19. The van der Waals surface area contributed by atoms with Crippen molar-refractivity contribution in [1.29, 1.82) is 0 Å². The molecule has 9 heteroatoms. The fraction of sp³-hybridized carbons (Fsp3) is 0.550. The van der Waals surface area contributed by atoms with Crippen molar-refractivity contribution < 1.29 is 28.2 Å². The number of aliphatic carboxylic acids is 1. The number of benzene rings is 1. The van der Waals surface area contributed by atoms with Gasteiger partial charge in [0.15, 0.2) is 11.6 Å². The van der Waals surface area contributed by atoms with Crippen molar-refractivity contribution in [2.24, 2.45) is 13.0 Å². The molecule has 1 aromatic heterocycles. The molecule has 0 fully saturated rings. The molecule has 1 unspecified atom stereocenters. The number of carbonyl (C=O) groups is 2. The molecule has 1 aliphatic rings. The van der Waals surface area contributed by atoms with Gasteiger partial charge in [0.05, 0.1) is 5.92 Å². The van der Waals surface area contributed by atoms with Gasteiger partial charge < -0.3 is 19.3 Å². The Bertz CT molecular complexity index is 994. The van der Waals surface area contributed by atoms with Crippen LogP contribution in [0.5, 0.6) is 0 Å². The predicted octanol–water partition coefficient (Wildman–Crippen LogP) is 3.06. The lowest BCUT2D eigenvalue weighted by Gasteiger charge is -2.24. The molecule has 0 aliphatic heterocycles. The third-order valence-electron chi connectivity index (χ3n) is 5.12. The third-order valence-corrected chi connectivity index (χ3v) is 5.12. The fourth-order valence-corrected chi connectivity index (χ4v) is 3.59. The second kappa shape index (κ2) is 7.27. The maximum Gasteiger partial charge on any atom is 0.410 e. The summed E-state index contributed by atoms with van der Waals surface area (Å²) in [5, 5.41) is 9.18. The van der Waals surface area contributed by atoms with Crippen molar-refractivity contribution >= 4 is 23.1 Å². The number of hydrogen-bond acceptors (Lipinski definition) is 4. The van der Waals surface area contributed by atoms with E-state index in [1.54, 1.807) is 34.9 Å². The van der Waals surface area contributed by atoms with Gasteiger partial charge in [-0.25, -0.2) is 18.6 Å². The summed E-state index contributed by atoms with van der Waals surface area (Å²) >= 11 is 0. The Morgan fingerprint density at radius 3 is 2.38 bits per heavy atom. The first-order valence-electron chi connectivity index (χ1n) is 9.41. The highest BCUT2D eigenvalue weighted by atomic mass is 19.1. The lowest BCUT2D eigenvalue weighted by Crippen LogP contribution is -2.35. The molecule has 3 rings (SSSR count). The Hall–Kier alpha value is -2.71. The summed E-state index contributed by atoms with van der Waals surface area (Å²) in [6.07, 6.45) is -0.295. The summed E-state index contributed by atoms with van der Waals surface area (Å²) in [6, 6.07) is 0. The standard InChI is InChI=1S/C20H25F2N3O4/c1-20(2,3)29-19(28)24(4)7-6-13-23-16-14(21)11-8-10(18(26)27)9-12(11)15(22)17(16)25(13)5/h10H,6-9H2,1-5H3,(H,26,27). The van der Waals surface area contributed by atoms with Crippen LogP contribution >= 0.6 is 0 Å². The zero-order valence-electron chi connectivity index (χ0n) is 17.2. The Labute approximate surface area is 167 Å². The number of amides is 1. The van der Waals surface area contributed by atoms with E-state index in [-0.39, 0.29) is 48.0 Å². The Kier molecular flexibility index (Phi) is 5.27. The van der Waals surface area contributed by atoms with E-state index in [0.717, 1.165) is 0 Å². The molecule has 0 bridgehead atoms. The van der Waals surface area contributed by atoms with Crippen molar-refractivity contribution in [3.63, 3.8) is 0 Å². The first-order valence-corrected chi connectivity index (χ1v) is 9.41. The molecule has 29 heavy (non-hydrogen) atoms. The van der Waals surface area contributed by atoms with E-state index in [0.29, 0.717) is 5.82 Å². The first-order chi connectivity index (χ1) is 13.4. The Balaban J connectivity index is 1.87. The molecular weight excluding hydrogens is 384 g/mol. The van der Waals surface area contributed by atoms with E-state index in [1.807, 2.05) is 0 Å². The highest BCUT2D eigenvalue weighted by molar-refractivity contribution is 5.82. The number of imidazole rings is 1. The highest BCUT2D eigenvalue weighted by Gasteiger charge is 2.35. The van der Waals surface area contributed by atoms with Crippen molar-refractivity contribution in [2.45, 2.75) is 45.6 Å². The van der Waals surface area contributed by atoms with Crippen LogP contribution in [0.25, 0.3) is 11.0 Å². The van der Waals surface area contributed by atoms with E-state index in [4.69, 9.17) is 4.74 Å². The molecule has 0 saturated heterocycles. The van der Waals surface area contributed by atoms with Crippen LogP contribution in [-0.2, 0) is 35.8 Å². The van der Waals surface area contributed by atoms with E-state index in [2.05, 4.69) is 4.98 Å². The van der Waals surface area contributed by atoms with Crippen LogP contribution < -0.4 is 0 Å². The van der Waals surface area contributed by atoms with Crippen LogP contribution in [0.2, 0.25) is 0 Å². The number of rotatable bonds is 4. The van der Waals surface area contributed by atoms with Crippen molar-refractivity contribution in [3.8, 4) is 0 Å². The molecular formula is C20H25F2N3O4. The summed E-state index contributed by atoms with van der Waals surface area (Å²) in [5.74, 6) is -2.76. The summed E-state index contributed by atoms with van der Waals surface area (Å²) < 4.78 is 36.8. The van der Waals surface area contributed by atoms with E-state index in [1.165, 1.54) is 9.47 Å². The highest BCUT2D eigenvalue weighted by Crippen LogP contribution is 2.36. The number of hydrogen-bond donors (Lipinski definition) is 1. The van der Waals surface area contributed by atoms with Crippen molar-refractivity contribution in [1.82, 2.24) is 14.5 Å². The predicted molar refractivity (Wildman–Crippen MR) is 102 cm³/mol. The molecule has 1 heterocycles. The van der Waals surface area contributed by atoms with Gasteiger partial charge >= 0.3 is 12.1 Å². The van der Waals surface area contributed by atoms with Crippen LogP contribution in [0.4, 0.5) is 13.6 Å². The zero-order chi connectivity index (χ0) is 21.7. The van der Waals surface area contributed by atoms with Crippen LogP contribution in [0, 0.1) is 17.6 Å². The number of nitrogens with zero attached hydrogens (tertiary/aromatic N) is 3. The Morgan fingerprint density at radius 1 is 1.24 bits per heavy atom.